The zero-order chi connectivity index (χ0) is 21.1. The molecule has 5 nitrogen and oxygen atoms in total. The number of benzene rings is 1. The van der Waals surface area contributed by atoms with Gasteiger partial charge in [0.25, 0.3) is 0 Å². The quantitative estimate of drug-likeness (QED) is 0.721. The Bertz CT molecular complexity index is 1070. The van der Waals surface area contributed by atoms with Crippen molar-refractivity contribution in [2.24, 2.45) is 11.3 Å². The SMILES string of the molecule is CC1CC[C@@H]2C(C)(C)CCCC2(C)c2c1oc1c(B(O)O)c(C#N)c(C#N)cc21. The molecule has 29 heavy (non-hydrogen) atoms. The van der Waals surface area contributed by atoms with Crippen LogP contribution in [0.1, 0.15) is 88.2 Å². The van der Waals surface area contributed by atoms with Gasteiger partial charge in [0.05, 0.1) is 11.1 Å². The molecule has 3 atom stereocenters. The molecule has 0 aliphatic heterocycles. The van der Waals surface area contributed by atoms with Crippen molar-refractivity contribution in [3.8, 4) is 12.1 Å². The van der Waals surface area contributed by atoms with Crippen LogP contribution >= 0.6 is 0 Å². The van der Waals surface area contributed by atoms with E-state index in [9.17, 15) is 20.6 Å². The fourth-order valence-corrected chi connectivity index (χ4v) is 6.34. The Balaban J connectivity index is 2.13. The van der Waals surface area contributed by atoms with Crippen molar-refractivity contribution in [1.29, 1.82) is 10.5 Å². The van der Waals surface area contributed by atoms with Crippen LogP contribution in [0.25, 0.3) is 11.0 Å². The second kappa shape index (κ2) is 6.62. The van der Waals surface area contributed by atoms with Gasteiger partial charge in [0.15, 0.2) is 0 Å². The van der Waals surface area contributed by atoms with Gasteiger partial charge in [-0.15, -0.1) is 0 Å². The summed E-state index contributed by atoms with van der Waals surface area (Å²) in [6.45, 7) is 9.17. The van der Waals surface area contributed by atoms with Crippen molar-refractivity contribution in [2.75, 3.05) is 0 Å². The molecule has 1 saturated carbocycles. The summed E-state index contributed by atoms with van der Waals surface area (Å²) in [5.74, 6) is 1.54. The molecule has 1 aromatic carbocycles. The lowest BCUT2D eigenvalue weighted by atomic mass is 9.53. The summed E-state index contributed by atoms with van der Waals surface area (Å²) < 4.78 is 6.32. The number of rotatable bonds is 1. The van der Waals surface area contributed by atoms with Crippen LogP contribution in [0.5, 0.6) is 0 Å². The molecule has 1 fully saturated rings. The molecular formula is C23H27BN2O3. The summed E-state index contributed by atoms with van der Waals surface area (Å²) in [7, 11) is -1.88. The zero-order valence-corrected chi connectivity index (χ0v) is 17.5. The highest BCUT2D eigenvalue weighted by Gasteiger charge is 2.51. The Morgan fingerprint density at radius 3 is 2.48 bits per heavy atom. The molecule has 0 bridgehead atoms. The average Bonchev–Trinajstić information content (AvgIpc) is 2.99. The molecule has 1 heterocycles. The van der Waals surface area contributed by atoms with E-state index in [-0.39, 0.29) is 33.3 Å². The highest BCUT2D eigenvalue weighted by atomic mass is 16.4. The van der Waals surface area contributed by atoms with Gasteiger partial charge in [-0.05, 0) is 48.5 Å². The molecule has 0 spiro atoms. The van der Waals surface area contributed by atoms with Gasteiger partial charge in [-0.2, -0.15) is 10.5 Å². The molecule has 2 N–H and O–H groups in total. The number of fused-ring (bicyclic) bond motifs is 5. The van der Waals surface area contributed by atoms with Gasteiger partial charge >= 0.3 is 7.12 Å². The van der Waals surface area contributed by atoms with Crippen LogP contribution in [0.4, 0.5) is 0 Å². The molecule has 2 aliphatic rings. The smallest absolute Gasteiger partial charge is 0.461 e. The molecule has 150 valence electrons. The first-order valence-electron chi connectivity index (χ1n) is 10.5. The van der Waals surface area contributed by atoms with Gasteiger partial charge in [-0.1, -0.05) is 34.1 Å². The van der Waals surface area contributed by atoms with E-state index >= 15 is 0 Å². The lowest BCUT2D eigenvalue weighted by molar-refractivity contribution is 0.0504. The van der Waals surface area contributed by atoms with Gasteiger partial charge in [-0.25, -0.2) is 0 Å². The van der Waals surface area contributed by atoms with Crippen molar-refractivity contribution in [1.82, 2.24) is 0 Å². The first-order chi connectivity index (χ1) is 13.7. The van der Waals surface area contributed by atoms with Crippen LogP contribution in [0.2, 0.25) is 0 Å². The lowest BCUT2D eigenvalue weighted by Crippen LogP contribution is -2.44. The maximum Gasteiger partial charge on any atom is 0.493 e. The second-order valence-electron chi connectivity index (χ2n) is 9.82. The predicted octanol–water partition coefficient (Wildman–Crippen LogP) is 3.84. The third-order valence-corrected chi connectivity index (χ3v) is 7.67. The standard InChI is InChI=1S/C23H27BN2O3/c1-13-6-7-17-22(2,3)8-5-9-23(17,4)18-15-10-14(11-25)16(12-26)19(24(27)28)21(15)29-20(13)18/h10,13,17,27-28H,5-9H2,1-4H3/t13?,17-,23?/m1/s1. The molecule has 0 saturated heterocycles. The summed E-state index contributed by atoms with van der Waals surface area (Å²) in [6.07, 6.45) is 5.47. The first-order valence-corrected chi connectivity index (χ1v) is 10.5. The molecule has 4 rings (SSSR count). The predicted molar refractivity (Wildman–Crippen MR) is 112 cm³/mol. The highest BCUT2D eigenvalue weighted by molar-refractivity contribution is 6.62. The first kappa shape index (κ1) is 20.0. The minimum absolute atomic E-state index is 0.0112. The summed E-state index contributed by atoms with van der Waals surface area (Å²) in [6, 6.07) is 5.77. The van der Waals surface area contributed by atoms with E-state index in [1.165, 1.54) is 6.42 Å². The van der Waals surface area contributed by atoms with E-state index < -0.39 is 7.12 Å². The number of nitriles is 2. The van der Waals surface area contributed by atoms with Crippen LogP contribution in [-0.2, 0) is 5.41 Å². The summed E-state index contributed by atoms with van der Waals surface area (Å²) >= 11 is 0. The van der Waals surface area contributed by atoms with E-state index in [0.29, 0.717) is 11.5 Å². The molecule has 0 radical (unpaired) electrons. The monoisotopic (exact) mass is 390 g/mol. The van der Waals surface area contributed by atoms with Crippen LogP contribution < -0.4 is 5.46 Å². The third-order valence-electron chi connectivity index (χ3n) is 7.67. The van der Waals surface area contributed by atoms with E-state index in [1.54, 1.807) is 6.07 Å². The minimum atomic E-state index is -1.88. The van der Waals surface area contributed by atoms with Gasteiger partial charge in [0, 0.05) is 22.3 Å². The Morgan fingerprint density at radius 1 is 1.14 bits per heavy atom. The van der Waals surface area contributed by atoms with E-state index in [0.717, 1.165) is 42.4 Å². The maximum absolute atomic E-state index is 10.1. The maximum atomic E-state index is 10.1. The molecule has 2 unspecified atom stereocenters. The molecule has 0 amide bonds. The van der Waals surface area contributed by atoms with Gasteiger partial charge in [0.2, 0.25) is 0 Å². The van der Waals surface area contributed by atoms with Crippen molar-refractivity contribution >= 4 is 23.6 Å². The van der Waals surface area contributed by atoms with Crippen LogP contribution in [0.15, 0.2) is 10.5 Å². The molecule has 2 aromatic rings. The summed E-state index contributed by atoms with van der Waals surface area (Å²) in [5, 5.41) is 40.1. The minimum Gasteiger partial charge on any atom is -0.461 e. The fourth-order valence-electron chi connectivity index (χ4n) is 6.34. The van der Waals surface area contributed by atoms with Crippen molar-refractivity contribution in [3.63, 3.8) is 0 Å². The zero-order valence-electron chi connectivity index (χ0n) is 17.5. The number of hydrogen-bond acceptors (Lipinski definition) is 5. The molecule has 1 aromatic heterocycles. The Morgan fingerprint density at radius 2 is 1.86 bits per heavy atom. The van der Waals surface area contributed by atoms with E-state index in [2.05, 4.69) is 33.8 Å². The lowest BCUT2D eigenvalue weighted by Gasteiger charge is -2.50. The Hall–Kier alpha value is -2.28. The second-order valence-corrected chi connectivity index (χ2v) is 9.82. The van der Waals surface area contributed by atoms with Crippen molar-refractivity contribution in [2.45, 2.75) is 71.1 Å². The normalized spacial score (nSPS) is 28.0. The topological polar surface area (TPSA) is 101 Å². The van der Waals surface area contributed by atoms with E-state index in [1.807, 2.05) is 6.07 Å². The summed E-state index contributed by atoms with van der Waals surface area (Å²) in [4.78, 5) is 0. The fraction of sp³-hybridized carbons (Fsp3) is 0.565. The van der Waals surface area contributed by atoms with Crippen molar-refractivity contribution in [3.05, 3.63) is 28.5 Å². The van der Waals surface area contributed by atoms with Gasteiger partial charge in [-0.3, -0.25) is 0 Å². The van der Waals surface area contributed by atoms with Crippen LogP contribution in [0.3, 0.4) is 0 Å². The highest BCUT2D eigenvalue weighted by Crippen LogP contribution is 2.59. The largest absolute Gasteiger partial charge is 0.493 e. The van der Waals surface area contributed by atoms with E-state index in [4.69, 9.17) is 4.42 Å². The Kier molecular flexibility index (Phi) is 4.57. The van der Waals surface area contributed by atoms with Crippen LogP contribution in [0, 0.1) is 34.0 Å². The van der Waals surface area contributed by atoms with Crippen molar-refractivity contribution < 1.29 is 14.5 Å². The number of nitrogens with zero attached hydrogens (tertiary/aromatic N) is 2. The van der Waals surface area contributed by atoms with Crippen LogP contribution in [-0.4, -0.2) is 17.2 Å². The van der Waals surface area contributed by atoms with Gasteiger partial charge < -0.3 is 14.5 Å². The number of hydrogen-bond donors (Lipinski definition) is 2. The molecule has 2 aliphatic carbocycles. The number of furan rings is 1. The Labute approximate surface area is 172 Å². The average molecular weight is 390 g/mol. The third kappa shape index (κ3) is 2.74. The summed E-state index contributed by atoms with van der Waals surface area (Å²) in [5.41, 5.74) is 1.69. The van der Waals surface area contributed by atoms with Gasteiger partial charge in [0.1, 0.15) is 23.5 Å². The molecule has 6 heteroatoms. The molecular weight excluding hydrogens is 363 g/mol.